The number of hydrogen-bond acceptors (Lipinski definition) is 6. The molecule has 0 atom stereocenters. The van der Waals surface area contributed by atoms with Crippen molar-refractivity contribution in [2.45, 2.75) is 26.2 Å². The Balaban J connectivity index is 1.45. The molecule has 1 saturated heterocycles. The van der Waals surface area contributed by atoms with Gasteiger partial charge in [-0.15, -0.1) is 0 Å². The van der Waals surface area contributed by atoms with E-state index < -0.39 is 5.56 Å². The summed E-state index contributed by atoms with van der Waals surface area (Å²) < 4.78 is 5.00. The topological polar surface area (TPSA) is 105 Å². The van der Waals surface area contributed by atoms with Crippen LogP contribution in [0, 0.1) is 12.8 Å². The van der Waals surface area contributed by atoms with Gasteiger partial charge in [0.25, 0.3) is 11.5 Å². The first kappa shape index (κ1) is 16.4. The van der Waals surface area contributed by atoms with E-state index in [0.29, 0.717) is 41.8 Å². The van der Waals surface area contributed by atoms with E-state index in [-0.39, 0.29) is 11.6 Å². The maximum atomic E-state index is 12.7. The van der Waals surface area contributed by atoms with Crippen molar-refractivity contribution in [3.05, 3.63) is 52.0 Å². The Morgan fingerprint density at radius 2 is 2.04 bits per heavy atom. The van der Waals surface area contributed by atoms with Crippen molar-refractivity contribution in [3.63, 3.8) is 0 Å². The van der Waals surface area contributed by atoms with E-state index in [1.54, 1.807) is 24.0 Å². The predicted molar refractivity (Wildman–Crippen MR) is 93.7 cm³/mol. The molecule has 0 radical (unpaired) electrons. The van der Waals surface area contributed by atoms with Gasteiger partial charge < -0.3 is 14.4 Å². The Hall–Kier alpha value is -3.03. The highest BCUT2D eigenvalue weighted by Gasteiger charge is 2.27. The van der Waals surface area contributed by atoms with Crippen LogP contribution in [0.2, 0.25) is 0 Å². The van der Waals surface area contributed by atoms with Gasteiger partial charge in [0, 0.05) is 26.4 Å². The zero-order chi connectivity index (χ0) is 18.1. The number of aromatic amines is 1. The number of aryl methyl sites for hydroxylation is 1. The number of nitrogens with zero attached hydrogens (tertiary/aromatic N) is 4. The monoisotopic (exact) mass is 353 g/mol. The summed E-state index contributed by atoms with van der Waals surface area (Å²) in [7, 11) is 0. The molecule has 1 aliphatic heterocycles. The zero-order valence-corrected chi connectivity index (χ0v) is 14.4. The first-order valence-electron chi connectivity index (χ1n) is 8.67. The third-order valence-electron chi connectivity index (χ3n) is 4.74. The molecule has 8 nitrogen and oxygen atoms in total. The molecule has 1 aromatic carbocycles. The van der Waals surface area contributed by atoms with Crippen LogP contribution in [0.1, 0.15) is 35.0 Å². The van der Waals surface area contributed by atoms with Crippen molar-refractivity contribution in [3.8, 4) is 0 Å². The normalized spacial score (nSPS) is 15.5. The number of carbonyl (C=O) groups is 1. The van der Waals surface area contributed by atoms with Crippen LogP contribution in [0.15, 0.2) is 33.6 Å². The fourth-order valence-electron chi connectivity index (χ4n) is 3.35. The number of rotatable bonds is 3. The summed E-state index contributed by atoms with van der Waals surface area (Å²) in [5.41, 5.74) is 0.745. The minimum Gasteiger partial charge on any atom is -0.340 e. The quantitative estimate of drug-likeness (QED) is 0.768. The summed E-state index contributed by atoms with van der Waals surface area (Å²) in [5.74, 6) is 1.36. The zero-order valence-electron chi connectivity index (χ0n) is 14.4. The van der Waals surface area contributed by atoms with Gasteiger partial charge in [-0.25, -0.2) is 4.98 Å². The molecule has 0 spiro atoms. The van der Waals surface area contributed by atoms with Gasteiger partial charge in [-0.2, -0.15) is 4.98 Å². The number of carbonyl (C=O) groups excluding carboxylic acids is 1. The van der Waals surface area contributed by atoms with E-state index in [4.69, 9.17) is 4.52 Å². The van der Waals surface area contributed by atoms with Crippen LogP contribution in [-0.4, -0.2) is 44.0 Å². The van der Waals surface area contributed by atoms with Gasteiger partial charge in [-0.3, -0.25) is 9.59 Å². The van der Waals surface area contributed by atoms with Crippen molar-refractivity contribution in [1.29, 1.82) is 0 Å². The van der Waals surface area contributed by atoms with Crippen LogP contribution >= 0.6 is 0 Å². The number of para-hydroxylation sites is 2. The van der Waals surface area contributed by atoms with Crippen LogP contribution in [-0.2, 0) is 6.42 Å². The minimum atomic E-state index is -0.446. The molecule has 8 heteroatoms. The molecule has 0 bridgehead atoms. The van der Waals surface area contributed by atoms with Gasteiger partial charge in [-0.05, 0) is 30.9 Å². The maximum absolute atomic E-state index is 12.7. The molecule has 1 fully saturated rings. The second-order valence-electron chi connectivity index (χ2n) is 6.60. The number of likely N-dealkylation sites (tertiary alicyclic amines) is 1. The summed E-state index contributed by atoms with van der Waals surface area (Å²) >= 11 is 0. The van der Waals surface area contributed by atoms with Crippen molar-refractivity contribution in [2.24, 2.45) is 5.92 Å². The third-order valence-corrected chi connectivity index (χ3v) is 4.74. The minimum absolute atomic E-state index is 0.0454. The molecule has 1 N–H and O–H groups in total. The van der Waals surface area contributed by atoms with Crippen LogP contribution in [0.4, 0.5) is 0 Å². The number of aromatic nitrogens is 4. The van der Waals surface area contributed by atoms with Crippen molar-refractivity contribution in [1.82, 2.24) is 25.0 Å². The first-order chi connectivity index (χ1) is 12.6. The Kier molecular flexibility index (Phi) is 4.24. The van der Waals surface area contributed by atoms with Gasteiger partial charge in [-0.1, -0.05) is 17.3 Å². The molecular weight excluding hydrogens is 334 g/mol. The molecule has 0 unspecified atom stereocenters. The van der Waals surface area contributed by atoms with Gasteiger partial charge in [0.05, 0.1) is 11.0 Å². The number of hydrogen-bond donors (Lipinski definition) is 1. The van der Waals surface area contributed by atoms with E-state index in [1.165, 1.54) is 0 Å². The lowest BCUT2D eigenvalue weighted by Gasteiger charge is -2.31. The van der Waals surface area contributed by atoms with E-state index >= 15 is 0 Å². The van der Waals surface area contributed by atoms with E-state index in [0.717, 1.165) is 19.3 Å². The van der Waals surface area contributed by atoms with Crippen molar-refractivity contribution >= 4 is 16.9 Å². The number of nitrogens with one attached hydrogen (secondary N) is 1. The Bertz CT molecular complexity index is 1000. The lowest BCUT2D eigenvalue weighted by atomic mass is 9.93. The van der Waals surface area contributed by atoms with Crippen molar-refractivity contribution < 1.29 is 9.32 Å². The second-order valence-corrected chi connectivity index (χ2v) is 6.60. The van der Waals surface area contributed by atoms with Crippen LogP contribution in [0.5, 0.6) is 0 Å². The Morgan fingerprint density at radius 1 is 1.27 bits per heavy atom. The van der Waals surface area contributed by atoms with E-state index in [9.17, 15) is 9.59 Å². The third kappa shape index (κ3) is 3.22. The smallest absolute Gasteiger partial charge is 0.280 e. The molecule has 2 aromatic heterocycles. The highest BCUT2D eigenvalue weighted by Crippen LogP contribution is 2.21. The summed E-state index contributed by atoms with van der Waals surface area (Å²) in [4.78, 5) is 37.9. The summed E-state index contributed by atoms with van der Waals surface area (Å²) in [6.07, 6.45) is 2.42. The summed E-state index contributed by atoms with van der Waals surface area (Å²) in [5, 5.41) is 3.93. The molecule has 26 heavy (non-hydrogen) atoms. The summed E-state index contributed by atoms with van der Waals surface area (Å²) in [6, 6.07) is 7.19. The lowest BCUT2D eigenvalue weighted by Crippen LogP contribution is -2.41. The average Bonchev–Trinajstić information content (AvgIpc) is 3.06. The van der Waals surface area contributed by atoms with E-state index in [1.807, 2.05) is 12.1 Å². The van der Waals surface area contributed by atoms with Crippen LogP contribution in [0.25, 0.3) is 11.0 Å². The van der Waals surface area contributed by atoms with Gasteiger partial charge in [0.15, 0.2) is 11.5 Å². The fourth-order valence-corrected chi connectivity index (χ4v) is 3.35. The molecule has 134 valence electrons. The molecular formula is C18H19N5O3. The molecule has 0 aliphatic carbocycles. The Morgan fingerprint density at radius 3 is 2.77 bits per heavy atom. The molecule has 1 aliphatic rings. The van der Waals surface area contributed by atoms with Crippen molar-refractivity contribution in [2.75, 3.05) is 13.1 Å². The highest BCUT2D eigenvalue weighted by molar-refractivity contribution is 5.93. The van der Waals surface area contributed by atoms with Gasteiger partial charge >= 0.3 is 0 Å². The predicted octanol–water partition coefficient (Wildman–Crippen LogP) is 1.71. The number of piperidine rings is 1. The van der Waals surface area contributed by atoms with Crippen LogP contribution < -0.4 is 5.56 Å². The average molecular weight is 353 g/mol. The summed E-state index contributed by atoms with van der Waals surface area (Å²) in [6.45, 7) is 2.95. The second kappa shape index (κ2) is 6.70. The number of fused-ring (bicyclic) bond motifs is 1. The number of amides is 1. The Labute approximate surface area is 149 Å². The number of H-pyrrole nitrogens is 1. The SMILES string of the molecule is Cc1nc(CC2CCN(C(=O)c3nc4ccccc4[nH]c3=O)CC2)no1. The number of benzene rings is 1. The molecule has 3 heterocycles. The molecule has 0 saturated carbocycles. The standard InChI is InChI=1S/C18H19N5O3/c1-11-19-15(22-26-11)10-12-6-8-23(9-7-12)18(25)16-17(24)21-14-5-3-2-4-13(14)20-16/h2-5,12H,6-10H2,1H3,(H,21,24). The fraction of sp³-hybridized carbons (Fsp3) is 0.389. The molecule has 3 aromatic rings. The van der Waals surface area contributed by atoms with Gasteiger partial charge in [0.2, 0.25) is 5.89 Å². The van der Waals surface area contributed by atoms with Crippen LogP contribution in [0.3, 0.4) is 0 Å². The first-order valence-corrected chi connectivity index (χ1v) is 8.67. The highest BCUT2D eigenvalue weighted by atomic mass is 16.5. The maximum Gasteiger partial charge on any atom is 0.280 e. The largest absolute Gasteiger partial charge is 0.340 e. The lowest BCUT2D eigenvalue weighted by molar-refractivity contribution is 0.0682. The van der Waals surface area contributed by atoms with E-state index in [2.05, 4.69) is 20.1 Å². The molecule has 1 amide bonds. The molecule has 4 rings (SSSR count). The van der Waals surface area contributed by atoms with Gasteiger partial charge in [0.1, 0.15) is 0 Å².